The first kappa shape index (κ1) is 16.4. The number of hydrogen-bond acceptors (Lipinski definition) is 4. The van der Waals surface area contributed by atoms with Crippen molar-refractivity contribution in [1.29, 1.82) is 0 Å². The maximum atomic E-state index is 12.0. The summed E-state index contributed by atoms with van der Waals surface area (Å²) in [6.45, 7) is 3.49. The number of urea groups is 1. The summed E-state index contributed by atoms with van der Waals surface area (Å²) in [5.41, 5.74) is 1.21. The zero-order valence-electron chi connectivity index (χ0n) is 13.8. The third-order valence-corrected chi connectivity index (χ3v) is 4.14. The molecule has 7 heteroatoms. The number of nitrogens with one attached hydrogen (secondary N) is 2. The molecule has 0 spiro atoms. The largest absolute Gasteiger partial charge is 0.376 e. The van der Waals surface area contributed by atoms with Crippen LogP contribution in [0.1, 0.15) is 25.3 Å². The van der Waals surface area contributed by atoms with Crippen molar-refractivity contribution in [1.82, 2.24) is 20.1 Å². The van der Waals surface area contributed by atoms with Gasteiger partial charge in [0.25, 0.3) is 0 Å². The molecule has 2 N–H and O–H groups in total. The molecule has 0 aromatic carbocycles. The molecular weight excluding hydrogens is 306 g/mol. The number of aryl methyl sites for hydroxylation is 2. The summed E-state index contributed by atoms with van der Waals surface area (Å²) in [5, 5.41) is 10.0. The average molecular weight is 329 g/mol. The van der Waals surface area contributed by atoms with E-state index in [2.05, 4.69) is 20.7 Å². The van der Waals surface area contributed by atoms with Crippen LogP contribution < -0.4 is 10.6 Å². The Morgan fingerprint density at radius 3 is 3.00 bits per heavy atom. The maximum absolute atomic E-state index is 12.0. The molecule has 0 saturated carbocycles. The predicted octanol–water partition coefficient (Wildman–Crippen LogP) is 2.21. The number of hydrogen-bond donors (Lipinski definition) is 2. The van der Waals surface area contributed by atoms with Crippen molar-refractivity contribution in [2.75, 3.05) is 11.9 Å². The van der Waals surface area contributed by atoms with Gasteiger partial charge in [-0.15, -0.1) is 0 Å². The van der Waals surface area contributed by atoms with Crippen LogP contribution in [0.3, 0.4) is 0 Å². The van der Waals surface area contributed by atoms with E-state index >= 15 is 0 Å². The van der Waals surface area contributed by atoms with Gasteiger partial charge in [0.1, 0.15) is 0 Å². The molecule has 1 saturated heterocycles. The lowest BCUT2D eigenvalue weighted by molar-refractivity contribution is 0.0868. The number of carbonyl (C=O) groups excluding carboxylic acids is 1. The van der Waals surface area contributed by atoms with E-state index in [1.807, 2.05) is 29.9 Å². The van der Waals surface area contributed by atoms with Crippen molar-refractivity contribution in [3.05, 3.63) is 42.4 Å². The standard InChI is InChI=1S/C17H23N5O2/c1-13(15-3-2-12-24-15)19-17(23)20-16-7-11-22(21-16)10-6-14-4-8-18-9-5-14/h4-5,7-9,11,13,15H,2-3,6,10,12H2,1H3,(H2,19,20,21,23)/t13-,15+/m0/s1. The van der Waals surface area contributed by atoms with Crippen LogP contribution in [-0.4, -0.2) is 39.5 Å². The minimum Gasteiger partial charge on any atom is -0.376 e. The van der Waals surface area contributed by atoms with E-state index in [1.165, 1.54) is 5.56 Å². The van der Waals surface area contributed by atoms with E-state index in [9.17, 15) is 4.79 Å². The highest BCUT2D eigenvalue weighted by Crippen LogP contribution is 2.15. The fraction of sp³-hybridized carbons (Fsp3) is 0.471. The zero-order valence-corrected chi connectivity index (χ0v) is 13.8. The second-order valence-electron chi connectivity index (χ2n) is 6.01. The van der Waals surface area contributed by atoms with Crippen molar-refractivity contribution < 1.29 is 9.53 Å². The summed E-state index contributed by atoms with van der Waals surface area (Å²) >= 11 is 0. The van der Waals surface area contributed by atoms with E-state index < -0.39 is 0 Å². The molecule has 0 aliphatic carbocycles. The number of rotatable bonds is 6. The molecular formula is C17H23N5O2. The first-order chi connectivity index (χ1) is 11.7. The molecule has 1 aliphatic heterocycles. The van der Waals surface area contributed by atoms with Crippen LogP contribution in [0, 0.1) is 0 Å². The number of ether oxygens (including phenoxy) is 1. The quantitative estimate of drug-likeness (QED) is 0.851. The first-order valence-corrected chi connectivity index (χ1v) is 8.32. The molecule has 2 atom stereocenters. The molecule has 128 valence electrons. The molecule has 1 aliphatic rings. The molecule has 2 amide bonds. The summed E-state index contributed by atoms with van der Waals surface area (Å²) in [4.78, 5) is 16.0. The smallest absolute Gasteiger partial charge is 0.320 e. The van der Waals surface area contributed by atoms with E-state index in [4.69, 9.17) is 4.74 Å². The highest BCUT2D eigenvalue weighted by atomic mass is 16.5. The van der Waals surface area contributed by atoms with Crippen molar-refractivity contribution in [2.24, 2.45) is 0 Å². The average Bonchev–Trinajstić information content (AvgIpc) is 3.25. The Bertz CT molecular complexity index is 652. The van der Waals surface area contributed by atoms with Gasteiger partial charge in [-0.2, -0.15) is 5.10 Å². The Labute approximate surface area is 141 Å². The van der Waals surface area contributed by atoms with Crippen molar-refractivity contribution in [3.63, 3.8) is 0 Å². The molecule has 0 radical (unpaired) electrons. The maximum Gasteiger partial charge on any atom is 0.320 e. The second-order valence-corrected chi connectivity index (χ2v) is 6.01. The SMILES string of the molecule is C[C@H](NC(=O)Nc1ccn(CCc2ccncc2)n1)[C@H]1CCCO1. The van der Waals surface area contributed by atoms with Crippen LogP contribution in [0.15, 0.2) is 36.8 Å². The fourth-order valence-corrected chi connectivity index (χ4v) is 2.80. The van der Waals surface area contributed by atoms with Gasteiger partial charge < -0.3 is 10.1 Å². The Kier molecular flexibility index (Phi) is 5.43. The van der Waals surface area contributed by atoms with Gasteiger partial charge in [-0.05, 0) is 43.9 Å². The molecule has 2 aromatic rings. The number of carbonyl (C=O) groups is 1. The normalized spacial score (nSPS) is 18.3. The van der Waals surface area contributed by atoms with Gasteiger partial charge >= 0.3 is 6.03 Å². The number of pyridine rings is 1. The number of aromatic nitrogens is 3. The van der Waals surface area contributed by atoms with Crippen LogP contribution in [0.4, 0.5) is 10.6 Å². The molecule has 0 bridgehead atoms. The van der Waals surface area contributed by atoms with Crippen molar-refractivity contribution >= 4 is 11.8 Å². The fourth-order valence-electron chi connectivity index (χ4n) is 2.80. The number of nitrogens with zero attached hydrogens (tertiary/aromatic N) is 3. The minimum absolute atomic E-state index is 0.0127. The van der Waals surface area contributed by atoms with Gasteiger partial charge in [0.2, 0.25) is 0 Å². The number of amides is 2. The third kappa shape index (κ3) is 4.55. The molecule has 7 nitrogen and oxygen atoms in total. The molecule has 3 heterocycles. The summed E-state index contributed by atoms with van der Waals surface area (Å²) in [6.07, 6.45) is 8.45. The highest BCUT2D eigenvalue weighted by Gasteiger charge is 2.23. The highest BCUT2D eigenvalue weighted by molar-refractivity contribution is 5.88. The van der Waals surface area contributed by atoms with Crippen LogP contribution in [-0.2, 0) is 17.7 Å². The summed E-state index contributed by atoms with van der Waals surface area (Å²) < 4.78 is 7.40. The lowest BCUT2D eigenvalue weighted by atomic mass is 10.1. The van der Waals surface area contributed by atoms with Crippen LogP contribution in [0.5, 0.6) is 0 Å². The topological polar surface area (TPSA) is 81.1 Å². The van der Waals surface area contributed by atoms with Crippen LogP contribution in [0.2, 0.25) is 0 Å². The Morgan fingerprint density at radius 2 is 2.25 bits per heavy atom. The second kappa shape index (κ2) is 7.92. The molecule has 1 fully saturated rings. The first-order valence-electron chi connectivity index (χ1n) is 8.32. The Hall–Kier alpha value is -2.41. The molecule has 24 heavy (non-hydrogen) atoms. The molecule has 3 rings (SSSR count). The van der Waals surface area contributed by atoms with E-state index in [0.717, 1.165) is 32.4 Å². The lowest BCUT2D eigenvalue weighted by Gasteiger charge is -2.19. The van der Waals surface area contributed by atoms with E-state index in [-0.39, 0.29) is 18.2 Å². The van der Waals surface area contributed by atoms with Gasteiger partial charge in [-0.1, -0.05) is 0 Å². The molecule has 0 unspecified atom stereocenters. The van der Waals surface area contributed by atoms with Gasteiger partial charge in [0.15, 0.2) is 5.82 Å². The summed E-state index contributed by atoms with van der Waals surface area (Å²) in [5.74, 6) is 0.543. The summed E-state index contributed by atoms with van der Waals surface area (Å²) in [7, 11) is 0. The van der Waals surface area contributed by atoms with Crippen LogP contribution >= 0.6 is 0 Å². The van der Waals surface area contributed by atoms with Gasteiger partial charge in [-0.3, -0.25) is 15.0 Å². The Morgan fingerprint density at radius 1 is 1.42 bits per heavy atom. The lowest BCUT2D eigenvalue weighted by Crippen LogP contribution is -2.43. The van der Waals surface area contributed by atoms with Gasteiger partial charge in [0.05, 0.1) is 12.1 Å². The van der Waals surface area contributed by atoms with Crippen molar-refractivity contribution in [3.8, 4) is 0 Å². The van der Waals surface area contributed by atoms with E-state index in [1.54, 1.807) is 18.5 Å². The third-order valence-electron chi connectivity index (χ3n) is 4.14. The predicted molar refractivity (Wildman–Crippen MR) is 90.8 cm³/mol. The van der Waals surface area contributed by atoms with Crippen molar-refractivity contribution in [2.45, 2.75) is 44.9 Å². The van der Waals surface area contributed by atoms with Gasteiger partial charge in [0, 0.05) is 37.8 Å². The van der Waals surface area contributed by atoms with Crippen LogP contribution in [0.25, 0.3) is 0 Å². The van der Waals surface area contributed by atoms with E-state index in [0.29, 0.717) is 5.82 Å². The molecule has 2 aromatic heterocycles. The number of anilines is 1. The van der Waals surface area contributed by atoms with Gasteiger partial charge in [-0.25, -0.2) is 4.79 Å². The zero-order chi connectivity index (χ0) is 16.8. The minimum atomic E-state index is -0.252. The monoisotopic (exact) mass is 329 g/mol. The summed E-state index contributed by atoms with van der Waals surface area (Å²) in [6, 6.07) is 5.51. The Balaban J connectivity index is 1.45.